The third-order valence-electron chi connectivity index (χ3n) is 5.67. The highest BCUT2D eigenvalue weighted by Gasteiger charge is 2.28. The third-order valence-corrected chi connectivity index (χ3v) is 7.05. The van der Waals surface area contributed by atoms with Crippen molar-refractivity contribution < 1.29 is 18.3 Å². The van der Waals surface area contributed by atoms with Crippen LogP contribution in [0.25, 0.3) is 0 Å². The second-order valence-electron chi connectivity index (χ2n) is 8.15. The molecule has 4 rings (SSSR count). The zero-order chi connectivity index (χ0) is 23.6. The standard InChI is InChI=1S/C24H26N4O4S/c1-17-7-6-8-20(13-17)28-12-11-27(16-18(28)2)23-22(14-19(15-25-23)24(29)30)26-33(31,32)21-9-4-3-5-10-21/h3-10,13-15,18,26H,11-12,16H2,1-2H3,(H,29,30)/t18-/m0/s1. The van der Waals surface area contributed by atoms with Crippen LogP contribution in [0.15, 0.2) is 71.8 Å². The van der Waals surface area contributed by atoms with Crippen LogP contribution in [0.2, 0.25) is 0 Å². The highest BCUT2D eigenvalue weighted by atomic mass is 32.2. The maximum atomic E-state index is 12.9. The van der Waals surface area contributed by atoms with Gasteiger partial charge in [-0.05, 0) is 49.7 Å². The number of nitrogens with one attached hydrogen (secondary N) is 1. The first-order valence-electron chi connectivity index (χ1n) is 10.6. The molecular formula is C24H26N4O4S. The molecule has 0 bridgehead atoms. The molecule has 1 atom stereocenters. The predicted molar refractivity (Wildman–Crippen MR) is 129 cm³/mol. The fourth-order valence-corrected chi connectivity index (χ4v) is 5.12. The summed E-state index contributed by atoms with van der Waals surface area (Å²) < 4.78 is 28.4. The summed E-state index contributed by atoms with van der Waals surface area (Å²) >= 11 is 0. The maximum absolute atomic E-state index is 12.9. The van der Waals surface area contributed by atoms with E-state index in [1.165, 1.54) is 30.0 Å². The molecule has 1 aliphatic rings. The summed E-state index contributed by atoms with van der Waals surface area (Å²) in [4.78, 5) is 20.3. The Balaban J connectivity index is 1.63. The Morgan fingerprint density at radius 3 is 2.52 bits per heavy atom. The van der Waals surface area contributed by atoms with Crippen LogP contribution < -0.4 is 14.5 Å². The van der Waals surface area contributed by atoms with Gasteiger partial charge in [-0.2, -0.15) is 0 Å². The van der Waals surface area contributed by atoms with Crippen LogP contribution >= 0.6 is 0 Å². The van der Waals surface area contributed by atoms with E-state index in [4.69, 9.17) is 0 Å². The number of aromatic carboxylic acids is 1. The summed E-state index contributed by atoms with van der Waals surface area (Å²) in [6, 6.07) is 17.7. The van der Waals surface area contributed by atoms with Crippen LogP contribution in [0.3, 0.4) is 0 Å². The Morgan fingerprint density at radius 2 is 1.85 bits per heavy atom. The molecule has 0 radical (unpaired) electrons. The highest BCUT2D eigenvalue weighted by Crippen LogP contribution is 2.30. The van der Waals surface area contributed by atoms with E-state index < -0.39 is 16.0 Å². The molecule has 0 aliphatic carbocycles. The number of anilines is 3. The summed E-state index contributed by atoms with van der Waals surface area (Å²) in [6.45, 7) is 6.10. The van der Waals surface area contributed by atoms with Crippen molar-refractivity contribution in [2.75, 3.05) is 34.2 Å². The van der Waals surface area contributed by atoms with Gasteiger partial charge in [0.05, 0.1) is 16.1 Å². The minimum absolute atomic E-state index is 0.0871. The molecule has 0 spiro atoms. The molecule has 8 nitrogen and oxygen atoms in total. The Labute approximate surface area is 193 Å². The van der Waals surface area contributed by atoms with Crippen molar-refractivity contribution in [3.05, 3.63) is 78.0 Å². The van der Waals surface area contributed by atoms with Crippen molar-refractivity contribution in [3.63, 3.8) is 0 Å². The van der Waals surface area contributed by atoms with Crippen molar-refractivity contribution in [1.29, 1.82) is 0 Å². The molecule has 1 fully saturated rings. The molecule has 172 valence electrons. The third kappa shape index (κ3) is 4.93. The zero-order valence-corrected chi connectivity index (χ0v) is 19.3. The minimum atomic E-state index is -3.91. The van der Waals surface area contributed by atoms with Crippen LogP contribution in [0.5, 0.6) is 0 Å². The van der Waals surface area contributed by atoms with Gasteiger partial charge in [-0.1, -0.05) is 30.3 Å². The minimum Gasteiger partial charge on any atom is -0.478 e. The number of piperazine rings is 1. The van der Waals surface area contributed by atoms with Gasteiger partial charge < -0.3 is 14.9 Å². The average molecular weight is 467 g/mol. The van der Waals surface area contributed by atoms with Gasteiger partial charge in [0.2, 0.25) is 0 Å². The Hall–Kier alpha value is -3.59. The molecule has 1 aromatic heterocycles. The van der Waals surface area contributed by atoms with Crippen LogP contribution in [0.1, 0.15) is 22.8 Å². The smallest absolute Gasteiger partial charge is 0.337 e. The number of benzene rings is 2. The quantitative estimate of drug-likeness (QED) is 0.572. The van der Waals surface area contributed by atoms with Gasteiger partial charge in [-0.3, -0.25) is 4.72 Å². The lowest BCUT2D eigenvalue weighted by Gasteiger charge is -2.42. The van der Waals surface area contributed by atoms with E-state index in [0.717, 1.165) is 12.2 Å². The van der Waals surface area contributed by atoms with Crippen molar-refractivity contribution in [3.8, 4) is 0 Å². The molecule has 1 saturated heterocycles. The fraction of sp³-hybridized carbons (Fsp3) is 0.250. The van der Waals surface area contributed by atoms with E-state index in [2.05, 4.69) is 46.7 Å². The number of aryl methyl sites for hydroxylation is 1. The maximum Gasteiger partial charge on any atom is 0.337 e. The topological polar surface area (TPSA) is 103 Å². The van der Waals surface area contributed by atoms with Crippen LogP contribution in [-0.2, 0) is 10.0 Å². The van der Waals surface area contributed by atoms with Crippen LogP contribution in [0.4, 0.5) is 17.2 Å². The zero-order valence-electron chi connectivity index (χ0n) is 18.5. The first-order valence-corrected chi connectivity index (χ1v) is 12.1. The molecule has 2 heterocycles. The Morgan fingerprint density at radius 1 is 1.09 bits per heavy atom. The summed E-state index contributed by atoms with van der Waals surface area (Å²) in [6.07, 6.45) is 1.26. The summed E-state index contributed by atoms with van der Waals surface area (Å²) in [5, 5.41) is 9.41. The van der Waals surface area contributed by atoms with Gasteiger partial charge in [-0.25, -0.2) is 18.2 Å². The molecule has 3 aromatic rings. The summed E-state index contributed by atoms with van der Waals surface area (Å²) in [5.41, 5.74) is 2.39. The lowest BCUT2D eigenvalue weighted by Crippen LogP contribution is -2.52. The van der Waals surface area contributed by atoms with Gasteiger partial charge >= 0.3 is 5.97 Å². The lowest BCUT2D eigenvalue weighted by molar-refractivity contribution is 0.0696. The van der Waals surface area contributed by atoms with E-state index in [9.17, 15) is 18.3 Å². The average Bonchev–Trinajstić information content (AvgIpc) is 2.79. The second kappa shape index (κ2) is 9.11. The summed E-state index contributed by atoms with van der Waals surface area (Å²) in [7, 11) is -3.91. The number of carboxylic acid groups (broad SMARTS) is 1. The number of hydrogen-bond acceptors (Lipinski definition) is 6. The van der Waals surface area contributed by atoms with E-state index in [1.807, 2.05) is 11.0 Å². The van der Waals surface area contributed by atoms with Crippen LogP contribution in [0, 0.1) is 6.92 Å². The van der Waals surface area contributed by atoms with Gasteiger partial charge in [0.25, 0.3) is 10.0 Å². The molecule has 1 aliphatic heterocycles. The predicted octanol–water partition coefficient (Wildman–Crippen LogP) is 3.60. The molecule has 0 amide bonds. The SMILES string of the molecule is Cc1cccc(N2CCN(c3ncc(C(=O)O)cc3NS(=O)(=O)c3ccccc3)C[C@@H]2C)c1. The molecular weight excluding hydrogens is 440 g/mol. The van der Waals surface area contributed by atoms with E-state index in [-0.39, 0.29) is 22.2 Å². The molecule has 2 aromatic carbocycles. The molecule has 2 N–H and O–H groups in total. The number of nitrogens with zero attached hydrogens (tertiary/aromatic N) is 3. The largest absolute Gasteiger partial charge is 0.478 e. The van der Waals surface area contributed by atoms with Crippen molar-refractivity contribution in [2.45, 2.75) is 24.8 Å². The van der Waals surface area contributed by atoms with Gasteiger partial charge in [0, 0.05) is 37.6 Å². The van der Waals surface area contributed by atoms with E-state index in [1.54, 1.807) is 18.2 Å². The first-order chi connectivity index (χ1) is 15.7. The number of carboxylic acids is 1. The van der Waals surface area contributed by atoms with Crippen LogP contribution in [-0.4, -0.2) is 50.2 Å². The number of sulfonamides is 1. The Bertz CT molecular complexity index is 1260. The molecule has 0 unspecified atom stereocenters. The molecule has 0 saturated carbocycles. The lowest BCUT2D eigenvalue weighted by atomic mass is 10.1. The normalized spacial score (nSPS) is 16.5. The molecule has 9 heteroatoms. The number of rotatable bonds is 6. The van der Waals surface area contributed by atoms with Gasteiger partial charge in [0.15, 0.2) is 5.82 Å². The molecule has 33 heavy (non-hydrogen) atoms. The van der Waals surface area contributed by atoms with Gasteiger partial charge in [-0.15, -0.1) is 0 Å². The van der Waals surface area contributed by atoms with Crippen molar-refractivity contribution >= 4 is 33.2 Å². The van der Waals surface area contributed by atoms with Crippen molar-refractivity contribution in [1.82, 2.24) is 4.98 Å². The number of carbonyl (C=O) groups is 1. The number of hydrogen-bond donors (Lipinski definition) is 2. The van der Waals surface area contributed by atoms with Gasteiger partial charge in [0.1, 0.15) is 0 Å². The Kier molecular flexibility index (Phi) is 6.24. The fourth-order valence-electron chi connectivity index (χ4n) is 4.05. The summed E-state index contributed by atoms with van der Waals surface area (Å²) in [5.74, 6) is -0.762. The first kappa shape index (κ1) is 22.6. The number of pyridine rings is 1. The van der Waals surface area contributed by atoms with E-state index >= 15 is 0 Å². The van der Waals surface area contributed by atoms with Crippen molar-refractivity contribution in [2.24, 2.45) is 0 Å². The highest BCUT2D eigenvalue weighted by molar-refractivity contribution is 7.92. The van der Waals surface area contributed by atoms with E-state index in [0.29, 0.717) is 18.9 Å². The second-order valence-corrected chi connectivity index (χ2v) is 9.83. The monoisotopic (exact) mass is 466 g/mol. The number of aromatic nitrogens is 1.